The van der Waals surface area contributed by atoms with E-state index in [-0.39, 0.29) is 12.8 Å². The van der Waals surface area contributed by atoms with E-state index >= 15 is 0 Å². The molecule has 0 atom stereocenters. The summed E-state index contributed by atoms with van der Waals surface area (Å²) in [7, 11) is 0. The molecule has 1 aliphatic rings. The Labute approximate surface area is 46.3 Å². The van der Waals surface area contributed by atoms with Crippen molar-refractivity contribution in [3.63, 3.8) is 0 Å². The van der Waals surface area contributed by atoms with Crippen molar-refractivity contribution in [2.75, 3.05) is 0 Å². The second kappa shape index (κ2) is 1.97. The van der Waals surface area contributed by atoms with Crippen LogP contribution >= 0.6 is 0 Å². The summed E-state index contributed by atoms with van der Waals surface area (Å²) in [6.45, 7) is 0. The molecule has 1 fully saturated rings. The van der Waals surface area contributed by atoms with Crippen molar-refractivity contribution >= 4 is 0 Å². The minimum atomic E-state index is -1.53. The zero-order valence-corrected chi connectivity index (χ0v) is 4.27. The van der Waals surface area contributed by atoms with Crippen LogP contribution in [-0.4, -0.2) is 11.2 Å². The van der Waals surface area contributed by atoms with Gasteiger partial charge >= 0.3 is 6.43 Å². The molecule has 0 amide bonds. The van der Waals surface area contributed by atoms with Crippen molar-refractivity contribution in [1.29, 1.82) is 0 Å². The topological polar surface area (TPSA) is 20.2 Å². The highest BCUT2D eigenvalue weighted by Crippen LogP contribution is 2.36. The van der Waals surface area contributed by atoms with Crippen molar-refractivity contribution in [3.05, 3.63) is 6.43 Å². The van der Waals surface area contributed by atoms with Gasteiger partial charge in [-0.1, -0.05) is 0 Å². The molecule has 8 heavy (non-hydrogen) atoms. The van der Waals surface area contributed by atoms with Crippen molar-refractivity contribution in [2.45, 2.75) is 18.9 Å². The minimum Gasteiger partial charge on any atom is -0.393 e. The molecule has 0 heterocycles. The van der Waals surface area contributed by atoms with Crippen LogP contribution in [0.4, 0.5) is 8.78 Å². The van der Waals surface area contributed by atoms with Crippen molar-refractivity contribution in [3.8, 4) is 0 Å². The van der Waals surface area contributed by atoms with E-state index in [9.17, 15) is 8.78 Å². The normalized spacial score (nSPS) is 37.5. The standard InChI is InChI=1S/C5H7F2O/c6-5(7)3-1-4(8)2-3/h3-4,8H,1-2H2. The molecule has 3 heteroatoms. The van der Waals surface area contributed by atoms with Gasteiger partial charge < -0.3 is 5.11 Å². The number of halogens is 2. The highest BCUT2D eigenvalue weighted by molar-refractivity contribution is 4.87. The minimum absolute atomic E-state index is 0.252. The first-order chi connectivity index (χ1) is 3.70. The molecule has 1 radical (unpaired) electrons. The fourth-order valence-corrected chi connectivity index (χ4v) is 0.766. The maximum Gasteiger partial charge on any atom is 0.313 e. The van der Waals surface area contributed by atoms with Gasteiger partial charge in [0.25, 0.3) is 0 Å². The van der Waals surface area contributed by atoms with E-state index in [1.165, 1.54) is 0 Å². The Morgan fingerprint density at radius 3 is 2.00 bits per heavy atom. The van der Waals surface area contributed by atoms with Crippen molar-refractivity contribution in [1.82, 2.24) is 0 Å². The summed E-state index contributed by atoms with van der Waals surface area (Å²) in [6, 6.07) is 0. The van der Waals surface area contributed by atoms with Crippen LogP contribution in [0.5, 0.6) is 0 Å². The lowest BCUT2D eigenvalue weighted by atomic mass is 9.83. The lowest BCUT2D eigenvalue weighted by Crippen LogP contribution is -2.30. The van der Waals surface area contributed by atoms with E-state index in [0.717, 1.165) is 0 Å². The average Bonchev–Trinajstić information content (AvgIpc) is 1.57. The predicted octanol–water partition coefficient (Wildman–Crippen LogP) is 1.19. The summed E-state index contributed by atoms with van der Waals surface area (Å²) in [5.74, 6) is -0.606. The Kier molecular flexibility index (Phi) is 1.47. The molecule has 0 bridgehead atoms. The van der Waals surface area contributed by atoms with E-state index in [0.29, 0.717) is 0 Å². The molecule has 0 aromatic carbocycles. The van der Waals surface area contributed by atoms with Gasteiger partial charge in [-0.15, -0.1) is 0 Å². The molecule has 0 saturated heterocycles. The number of hydrogen-bond donors (Lipinski definition) is 1. The van der Waals surface area contributed by atoms with Gasteiger partial charge in [0, 0.05) is 5.92 Å². The Morgan fingerprint density at radius 1 is 1.38 bits per heavy atom. The van der Waals surface area contributed by atoms with E-state index in [2.05, 4.69) is 0 Å². The Balaban J connectivity index is 2.15. The number of aliphatic hydroxyl groups is 1. The molecule has 47 valence electrons. The molecular weight excluding hydrogens is 114 g/mol. The van der Waals surface area contributed by atoms with E-state index in [4.69, 9.17) is 5.11 Å². The third-order valence-electron chi connectivity index (χ3n) is 1.42. The molecule has 1 nitrogen and oxygen atoms in total. The lowest BCUT2D eigenvalue weighted by Gasteiger charge is -2.29. The van der Waals surface area contributed by atoms with Gasteiger partial charge in [0.15, 0.2) is 0 Å². The molecule has 0 unspecified atom stereocenters. The summed E-state index contributed by atoms with van der Waals surface area (Å²) in [4.78, 5) is 0. The zero-order chi connectivity index (χ0) is 6.15. The first-order valence-electron chi connectivity index (χ1n) is 2.56. The monoisotopic (exact) mass is 121 g/mol. The van der Waals surface area contributed by atoms with Gasteiger partial charge in [0.1, 0.15) is 0 Å². The second-order valence-electron chi connectivity index (χ2n) is 2.11. The molecule has 1 N–H and O–H groups in total. The van der Waals surface area contributed by atoms with E-state index in [1.54, 1.807) is 0 Å². The summed E-state index contributed by atoms with van der Waals surface area (Å²) in [5, 5.41) is 8.52. The van der Waals surface area contributed by atoms with Crippen molar-refractivity contribution < 1.29 is 13.9 Å². The fraction of sp³-hybridized carbons (Fsp3) is 0.800. The third kappa shape index (κ3) is 0.968. The smallest absolute Gasteiger partial charge is 0.313 e. The largest absolute Gasteiger partial charge is 0.393 e. The summed E-state index contributed by atoms with van der Waals surface area (Å²) in [6.07, 6.45) is -1.50. The Hall–Kier alpha value is -0.180. The van der Waals surface area contributed by atoms with Crippen LogP contribution in [0.3, 0.4) is 0 Å². The highest BCUT2D eigenvalue weighted by atomic mass is 19.3. The molecular formula is C5H7F2O. The highest BCUT2D eigenvalue weighted by Gasteiger charge is 2.35. The molecule has 1 rings (SSSR count). The number of aliphatic hydroxyl groups excluding tert-OH is 1. The molecule has 0 aliphatic heterocycles. The fourth-order valence-electron chi connectivity index (χ4n) is 0.766. The molecule has 0 aromatic rings. The molecule has 1 aliphatic carbocycles. The quantitative estimate of drug-likeness (QED) is 0.552. The number of rotatable bonds is 1. The van der Waals surface area contributed by atoms with Crippen LogP contribution in [0.1, 0.15) is 12.8 Å². The van der Waals surface area contributed by atoms with Gasteiger partial charge in [0.05, 0.1) is 6.10 Å². The predicted molar refractivity (Wildman–Crippen MR) is 24.2 cm³/mol. The second-order valence-corrected chi connectivity index (χ2v) is 2.11. The van der Waals surface area contributed by atoms with E-state index < -0.39 is 18.4 Å². The Bertz CT molecular complexity index is 78.5. The van der Waals surface area contributed by atoms with Gasteiger partial charge in [-0.25, -0.2) is 0 Å². The first kappa shape index (κ1) is 5.95. The molecule has 0 aromatic heterocycles. The van der Waals surface area contributed by atoms with E-state index in [1.807, 2.05) is 0 Å². The first-order valence-corrected chi connectivity index (χ1v) is 2.56. The summed E-state index contributed by atoms with van der Waals surface area (Å²) < 4.78 is 22.9. The van der Waals surface area contributed by atoms with Crippen LogP contribution in [0.15, 0.2) is 0 Å². The summed E-state index contributed by atoms with van der Waals surface area (Å²) >= 11 is 0. The van der Waals surface area contributed by atoms with Crippen LogP contribution in [0.2, 0.25) is 0 Å². The van der Waals surface area contributed by atoms with Gasteiger partial charge in [-0.05, 0) is 12.8 Å². The Morgan fingerprint density at radius 2 is 1.88 bits per heavy atom. The van der Waals surface area contributed by atoms with Crippen molar-refractivity contribution in [2.24, 2.45) is 5.92 Å². The summed E-state index contributed by atoms with van der Waals surface area (Å²) in [5.41, 5.74) is 0. The molecule has 1 saturated carbocycles. The lowest BCUT2D eigenvalue weighted by molar-refractivity contribution is 0.00811. The maximum atomic E-state index is 11.5. The maximum absolute atomic E-state index is 11.5. The van der Waals surface area contributed by atoms with Crippen LogP contribution < -0.4 is 0 Å². The average molecular weight is 121 g/mol. The van der Waals surface area contributed by atoms with Crippen LogP contribution in [-0.2, 0) is 0 Å². The van der Waals surface area contributed by atoms with Gasteiger partial charge in [-0.2, -0.15) is 8.78 Å². The van der Waals surface area contributed by atoms with Gasteiger partial charge in [0.2, 0.25) is 0 Å². The van der Waals surface area contributed by atoms with Gasteiger partial charge in [-0.3, -0.25) is 0 Å². The van der Waals surface area contributed by atoms with Crippen LogP contribution in [0, 0.1) is 12.3 Å². The molecule has 0 spiro atoms. The number of hydrogen-bond acceptors (Lipinski definition) is 1. The van der Waals surface area contributed by atoms with Crippen LogP contribution in [0.25, 0.3) is 0 Å². The third-order valence-corrected chi connectivity index (χ3v) is 1.42. The zero-order valence-electron chi connectivity index (χ0n) is 4.27. The SMILES string of the molecule is OC1CC([C](F)F)C1.